The minimum atomic E-state index is -4.42. The summed E-state index contributed by atoms with van der Waals surface area (Å²) in [5.41, 5.74) is 0.596. The van der Waals surface area contributed by atoms with Crippen LogP contribution >= 0.6 is 0 Å². The maximum absolute atomic E-state index is 12.0. The van der Waals surface area contributed by atoms with Crippen LogP contribution in [0.15, 0.2) is 24.5 Å². The molecule has 0 fully saturated rings. The summed E-state index contributed by atoms with van der Waals surface area (Å²) in [6, 6.07) is 3.37. The standard InChI is InChI=1S/C10H10F3N5O/c11-10(12,13)4-8(19)6-18-16-9(15-17-18)7-2-1-3-14-5-7/h1-3,5,8,19H,4,6H2. The van der Waals surface area contributed by atoms with Crippen molar-refractivity contribution >= 4 is 0 Å². The molecule has 19 heavy (non-hydrogen) atoms. The van der Waals surface area contributed by atoms with Crippen molar-refractivity contribution < 1.29 is 18.3 Å². The van der Waals surface area contributed by atoms with Crippen LogP contribution in [0, 0.1) is 0 Å². The Bertz CT molecular complexity index is 527. The Kier molecular flexibility index (Phi) is 3.74. The molecule has 2 aromatic rings. The zero-order valence-corrected chi connectivity index (χ0v) is 9.62. The van der Waals surface area contributed by atoms with Gasteiger partial charge in [0.15, 0.2) is 0 Å². The fraction of sp³-hybridized carbons (Fsp3) is 0.400. The summed E-state index contributed by atoms with van der Waals surface area (Å²) in [6.45, 7) is -0.368. The van der Waals surface area contributed by atoms with Crippen molar-refractivity contribution in [3.8, 4) is 11.4 Å². The lowest BCUT2D eigenvalue weighted by molar-refractivity contribution is -0.155. The molecule has 2 heterocycles. The Morgan fingerprint density at radius 2 is 2.16 bits per heavy atom. The van der Waals surface area contributed by atoms with Gasteiger partial charge in [0, 0.05) is 18.0 Å². The van der Waals surface area contributed by atoms with Crippen LogP contribution in [0.2, 0.25) is 0 Å². The minimum Gasteiger partial charge on any atom is -0.391 e. The molecule has 0 radical (unpaired) electrons. The second kappa shape index (κ2) is 5.31. The number of alkyl halides is 3. The molecule has 0 aliphatic rings. The Balaban J connectivity index is 2.02. The van der Waals surface area contributed by atoms with E-state index in [-0.39, 0.29) is 12.4 Å². The van der Waals surface area contributed by atoms with Crippen LogP contribution in [0.1, 0.15) is 6.42 Å². The molecule has 0 aliphatic heterocycles. The van der Waals surface area contributed by atoms with Gasteiger partial charge < -0.3 is 5.11 Å². The highest BCUT2D eigenvalue weighted by Gasteiger charge is 2.31. The second-order valence-corrected chi connectivity index (χ2v) is 3.88. The third-order valence-electron chi connectivity index (χ3n) is 2.21. The van der Waals surface area contributed by atoms with Gasteiger partial charge in [0.05, 0.1) is 19.1 Å². The number of halogens is 3. The first-order chi connectivity index (χ1) is 8.94. The van der Waals surface area contributed by atoms with E-state index in [1.165, 1.54) is 6.20 Å². The smallest absolute Gasteiger partial charge is 0.391 e. The SMILES string of the molecule is OC(Cn1nnc(-c2cccnc2)n1)CC(F)(F)F. The second-order valence-electron chi connectivity index (χ2n) is 3.88. The Morgan fingerprint density at radius 3 is 2.79 bits per heavy atom. The molecule has 0 amide bonds. The van der Waals surface area contributed by atoms with E-state index in [1.807, 2.05) is 0 Å². The quantitative estimate of drug-likeness (QED) is 0.901. The number of hydrogen-bond donors (Lipinski definition) is 1. The van der Waals surface area contributed by atoms with Crippen LogP contribution in [-0.2, 0) is 6.54 Å². The lowest BCUT2D eigenvalue weighted by Gasteiger charge is -2.11. The zero-order valence-electron chi connectivity index (χ0n) is 9.62. The molecular weight excluding hydrogens is 263 g/mol. The first-order valence-corrected chi connectivity index (χ1v) is 5.37. The summed E-state index contributed by atoms with van der Waals surface area (Å²) < 4.78 is 36.1. The molecule has 1 unspecified atom stereocenters. The fourth-order valence-electron chi connectivity index (χ4n) is 1.45. The van der Waals surface area contributed by atoms with Crippen molar-refractivity contribution in [3.63, 3.8) is 0 Å². The van der Waals surface area contributed by atoms with Gasteiger partial charge in [0.2, 0.25) is 5.82 Å². The molecule has 102 valence electrons. The van der Waals surface area contributed by atoms with Gasteiger partial charge in [-0.05, 0) is 17.3 Å². The number of nitrogens with zero attached hydrogens (tertiary/aromatic N) is 5. The lowest BCUT2D eigenvalue weighted by atomic mass is 10.2. The molecule has 0 aliphatic carbocycles. The number of rotatable bonds is 4. The summed E-state index contributed by atoms with van der Waals surface area (Å²) in [4.78, 5) is 4.79. The van der Waals surface area contributed by atoms with Crippen LogP contribution in [0.4, 0.5) is 13.2 Å². The highest BCUT2D eigenvalue weighted by Crippen LogP contribution is 2.22. The summed E-state index contributed by atoms with van der Waals surface area (Å²) in [5, 5.41) is 20.4. The predicted molar refractivity (Wildman–Crippen MR) is 57.7 cm³/mol. The minimum absolute atomic E-state index is 0.243. The average Bonchev–Trinajstić information content (AvgIpc) is 2.76. The number of aromatic nitrogens is 5. The van der Waals surface area contributed by atoms with Crippen LogP contribution in [-0.4, -0.2) is 42.6 Å². The van der Waals surface area contributed by atoms with Crippen LogP contribution in [0.3, 0.4) is 0 Å². The van der Waals surface area contributed by atoms with Crippen molar-refractivity contribution in [2.45, 2.75) is 25.2 Å². The predicted octanol–water partition coefficient (Wildman–Crippen LogP) is 1.05. The maximum atomic E-state index is 12.0. The van der Waals surface area contributed by atoms with E-state index in [0.717, 1.165) is 4.80 Å². The molecule has 0 saturated carbocycles. The molecule has 1 atom stereocenters. The van der Waals surface area contributed by atoms with E-state index < -0.39 is 18.7 Å². The zero-order chi connectivity index (χ0) is 13.9. The van der Waals surface area contributed by atoms with Gasteiger partial charge in [-0.25, -0.2) is 0 Å². The van der Waals surface area contributed by atoms with Crippen molar-refractivity contribution in [3.05, 3.63) is 24.5 Å². The topological polar surface area (TPSA) is 76.7 Å². The molecule has 0 spiro atoms. The number of tetrazole rings is 1. The molecule has 0 aromatic carbocycles. The van der Waals surface area contributed by atoms with Gasteiger partial charge in [-0.15, -0.1) is 10.2 Å². The van der Waals surface area contributed by atoms with E-state index in [9.17, 15) is 18.3 Å². The lowest BCUT2D eigenvalue weighted by Crippen LogP contribution is -2.25. The van der Waals surface area contributed by atoms with E-state index in [2.05, 4.69) is 20.4 Å². The van der Waals surface area contributed by atoms with Crippen molar-refractivity contribution in [2.24, 2.45) is 0 Å². The third-order valence-corrected chi connectivity index (χ3v) is 2.21. The number of pyridine rings is 1. The largest absolute Gasteiger partial charge is 0.391 e. The Morgan fingerprint density at radius 1 is 1.37 bits per heavy atom. The molecule has 9 heteroatoms. The van der Waals surface area contributed by atoms with Crippen molar-refractivity contribution in [1.29, 1.82) is 0 Å². The Hall–Kier alpha value is -2.03. The third kappa shape index (κ3) is 3.98. The normalized spacial score (nSPS) is 13.5. The Labute approximate surface area is 105 Å². The van der Waals surface area contributed by atoms with Crippen molar-refractivity contribution in [1.82, 2.24) is 25.2 Å². The van der Waals surface area contributed by atoms with E-state index in [0.29, 0.717) is 5.56 Å². The van der Waals surface area contributed by atoms with Crippen LogP contribution in [0.5, 0.6) is 0 Å². The van der Waals surface area contributed by atoms with E-state index >= 15 is 0 Å². The van der Waals surface area contributed by atoms with E-state index in [4.69, 9.17) is 0 Å². The molecule has 0 saturated heterocycles. The summed E-state index contributed by atoms with van der Waals surface area (Å²) in [6.07, 6.45) is -4.26. The molecular formula is C10H10F3N5O. The monoisotopic (exact) mass is 273 g/mol. The average molecular weight is 273 g/mol. The van der Waals surface area contributed by atoms with Gasteiger partial charge >= 0.3 is 6.18 Å². The van der Waals surface area contributed by atoms with Gasteiger partial charge in [-0.2, -0.15) is 18.0 Å². The number of aliphatic hydroxyl groups excluding tert-OH is 1. The first-order valence-electron chi connectivity index (χ1n) is 5.37. The van der Waals surface area contributed by atoms with E-state index in [1.54, 1.807) is 18.3 Å². The molecule has 1 N–H and O–H groups in total. The molecule has 0 bridgehead atoms. The molecule has 6 nitrogen and oxygen atoms in total. The highest BCUT2D eigenvalue weighted by molar-refractivity contribution is 5.51. The highest BCUT2D eigenvalue weighted by atomic mass is 19.4. The fourth-order valence-corrected chi connectivity index (χ4v) is 1.45. The van der Waals surface area contributed by atoms with Gasteiger partial charge in [-0.3, -0.25) is 4.98 Å². The van der Waals surface area contributed by atoms with Gasteiger partial charge in [0.1, 0.15) is 0 Å². The number of hydrogen-bond acceptors (Lipinski definition) is 5. The number of aliphatic hydroxyl groups is 1. The van der Waals surface area contributed by atoms with Crippen molar-refractivity contribution in [2.75, 3.05) is 0 Å². The summed E-state index contributed by atoms with van der Waals surface area (Å²) in [7, 11) is 0. The van der Waals surface area contributed by atoms with Gasteiger partial charge in [0.25, 0.3) is 0 Å². The molecule has 2 aromatic heterocycles. The van der Waals surface area contributed by atoms with Crippen LogP contribution in [0.25, 0.3) is 11.4 Å². The first kappa shape index (κ1) is 13.4. The van der Waals surface area contributed by atoms with Crippen LogP contribution < -0.4 is 0 Å². The maximum Gasteiger partial charge on any atom is 0.391 e. The van der Waals surface area contributed by atoms with Gasteiger partial charge in [-0.1, -0.05) is 0 Å². The summed E-state index contributed by atoms with van der Waals surface area (Å²) >= 11 is 0. The summed E-state index contributed by atoms with van der Waals surface area (Å²) in [5.74, 6) is 0.243. The molecule has 2 rings (SSSR count).